The topological polar surface area (TPSA) is 59.7 Å². The summed E-state index contributed by atoms with van der Waals surface area (Å²) in [5.74, 6) is -0.203. The van der Waals surface area contributed by atoms with Gasteiger partial charge in [0.25, 0.3) is 0 Å². The lowest BCUT2D eigenvalue weighted by molar-refractivity contribution is -0.133. The fourth-order valence-corrected chi connectivity index (χ4v) is 3.97. The minimum absolute atomic E-state index is 0.0316. The molecule has 3 aromatic rings. The van der Waals surface area contributed by atoms with Crippen LogP contribution in [0.3, 0.4) is 0 Å². The Morgan fingerprint density at radius 2 is 1.77 bits per heavy atom. The molecule has 1 aliphatic rings. The lowest BCUT2D eigenvalue weighted by atomic mass is 10.2. The summed E-state index contributed by atoms with van der Waals surface area (Å²) in [7, 11) is 3.16. The van der Waals surface area contributed by atoms with Gasteiger partial charge in [-0.15, -0.1) is 0 Å². The van der Waals surface area contributed by atoms with Gasteiger partial charge in [-0.2, -0.15) is 0 Å². The van der Waals surface area contributed by atoms with Crippen molar-refractivity contribution in [2.24, 2.45) is 7.05 Å². The molecule has 2 aromatic carbocycles. The number of hydrogen-bond acceptors (Lipinski definition) is 4. The molecule has 4 rings (SSSR count). The van der Waals surface area contributed by atoms with Crippen molar-refractivity contribution < 1.29 is 13.9 Å². The van der Waals surface area contributed by atoms with Crippen molar-refractivity contribution in [3.05, 3.63) is 64.3 Å². The number of fused-ring (bicyclic) bond motifs is 1. The van der Waals surface area contributed by atoms with Crippen molar-refractivity contribution in [3.8, 4) is 5.75 Å². The second-order valence-corrected chi connectivity index (χ2v) is 7.54. The smallest absolute Gasteiger partial charge is 0.329 e. The number of aryl methyl sites for hydroxylation is 1. The Morgan fingerprint density at radius 3 is 2.43 bits per heavy atom. The third kappa shape index (κ3) is 3.82. The van der Waals surface area contributed by atoms with Crippen LogP contribution in [0.5, 0.6) is 5.75 Å². The number of benzene rings is 2. The molecule has 0 spiro atoms. The molecule has 1 aliphatic heterocycles. The van der Waals surface area contributed by atoms with E-state index in [1.54, 1.807) is 22.6 Å². The highest BCUT2D eigenvalue weighted by atomic mass is 19.1. The van der Waals surface area contributed by atoms with Gasteiger partial charge in [0, 0.05) is 39.8 Å². The van der Waals surface area contributed by atoms with Crippen LogP contribution in [0.25, 0.3) is 11.0 Å². The molecule has 7 nitrogen and oxygen atoms in total. The maximum Gasteiger partial charge on any atom is 0.329 e. The number of piperazine rings is 1. The minimum atomic E-state index is -0.371. The van der Waals surface area contributed by atoms with Gasteiger partial charge in [-0.25, -0.2) is 9.18 Å². The van der Waals surface area contributed by atoms with E-state index in [2.05, 4.69) is 4.90 Å². The largest absolute Gasteiger partial charge is 0.494 e. The first-order valence-electron chi connectivity index (χ1n) is 9.94. The highest BCUT2D eigenvalue weighted by Gasteiger charge is 2.23. The Hall–Kier alpha value is -3.13. The number of para-hydroxylation sites is 2. The summed E-state index contributed by atoms with van der Waals surface area (Å²) in [4.78, 5) is 29.4. The third-order valence-corrected chi connectivity index (χ3v) is 5.69. The van der Waals surface area contributed by atoms with E-state index < -0.39 is 0 Å². The molecular formula is C22H25FN4O3. The van der Waals surface area contributed by atoms with Crippen LogP contribution in [0.4, 0.5) is 4.39 Å². The molecule has 2 heterocycles. The fraction of sp³-hybridized carbons (Fsp3) is 0.364. The van der Waals surface area contributed by atoms with E-state index in [1.807, 2.05) is 30.3 Å². The van der Waals surface area contributed by atoms with Gasteiger partial charge >= 0.3 is 5.69 Å². The number of aromatic nitrogens is 2. The van der Waals surface area contributed by atoms with E-state index >= 15 is 0 Å². The van der Waals surface area contributed by atoms with Gasteiger partial charge in [-0.3, -0.25) is 18.8 Å². The molecule has 1 fully saturated rings. The van der Waals surface area contributed by atoms with Gasteiger partial charge in [-0.1, -0.05) is 18.2 Å². The van der Waals surface area contributed by atoms with Crippen LogP contribution in [0, 0.1) is 5.82 Å². The molecule has 0 unspecified atom stereocenters. The number of rotatable bonds is 5. The summed E-state index contributed by atoms with van der Waals surface area (Å²) in [5.41, 5.74) is 2.26. The minimum Gasteiger partial charge on any atom is -0.494 e. The van der Waals surface area contributed by atoms with Crippen molar-refractivity contribution in [1.29, 1.82) is 0 Å². The molecule has 0 N–H and O–H groups in total. The summed E-state index contributed by atoms with van der Waals surface area (Å²) in [5, 5.41) is 0. The summed E-state index contributed by atoms with van der Waals surface area (Å²) < 4.78 is 22.0. The molecule has 8 heteroatoms. The Balaban J connectivity index is 1.38. The number of carbonyl (C=O) groups excluding carboxylic acids is 1. The van der Waals surface area contributed by atoms with Crippen molar-refractivity contribution in [3.63, 3.8) is 0 Å². The lowest BCUT2D eigenvalue weighted by Gasteiger charge is -2.34. The Kier molecular flexibility index (Phi) is 5.59. The van der Waals surface area contributed by atoms with Crippen molar-refractivity contribution in [1.82, 2.24) is 18.9 Å². The molecule has 1 saturated heterocycles. The second-order valence-electron chi connectivity index (χ2n) is 7.54. The highest BCUT2D eigenvalue weighted by molar-refractivity contribution is 5.81. The monoisotopic (exact) mass is 412 g/mol. The molecule has 1 aromatic heterocycles. The van der Waals surface area contributed by atoms with Gasteiger partial charge in [0.2, 0.25) is 5.91 Å². The van der Waals surface area contributed by atoms with Crippen molar-refractivity contribution in [2.45, 2.75) is 13.1 Å². The van der Waals surface area contributed by atoms with Crippen LogP contribution in [-0.2, 0) is 24.9 Å². The molecule has 0 bridgehead atoms. The summed E-state index contributed by atoms with van der Waals surface area (Å²) in [6.45, 7) is 3.21. The number of amides is 1. The molecule has 0 atom stereocenters. The maximum absolute atomic E-state index is 13.9. The first-order valence-corrected chi connectivity index (χ1v) is 9.94. The van der Waals surface area contributed by atoms with Crippen LogP contribution < -0.4 is 10.4 Å². The number of hydrogen-bond donors (Lipinski definition) is 0. The van der Waals surface area contributed by atoms with Crippen LogP contribution in [0.1, 0.15) is 5.56 Å². The molecule has 0 radical (unpaired) electrons. The van der Waals surface area contributed by atoms with Gasteiger partial charge in [0.1, 0.15) is 6.54 Å². The number of carbonyl (C=O) groups is 1. The molecule has 158 valence electrons. The standard InChI is InChI=1S/C22H25FN4O3/c1-24-18-5-3-4-6-19(18)27(22(24)29)15-21(28)26-11-9-25(10-12-26)14-16-7-8-20(30-2)17(23)13-16/h3-8,13H,9-12,14-15H2,1-2H3. The fourth-order valence-electron chi connectivity index (χ4n) is 3.97. The van der Waals surface area contributed by atoms with E-state index in [0.717, 1.165) is 16.6 Å². The molecule has 0 saturated carbocycles. The van der Waals surface area contributed by atoms with Crippen LogP contribution in [0.2, 0.25) is 0 Å². The average molecular weight is 412 g/mol. The zero-order chi connectivity index (χ0) is 21.3. The first-order chi connectivity index (χ1) is 14.5. The van der Waals surface area contributed by atoms with Crippen molar-refractivity contribution >= 4 is 16.9 Å². The summed E-state index contributed by atoms with van der Waals surface area (Å²) in [6.07, 6.45) is 0. The molecule has 30 heavy (non-hydrogen) atoms. The first kappa shape index (κ1) is 20.2. The Bertz CT molecular complexity index is 1130. The van der Waals surface area contributed by atoms with Gasteiger partial charge < -0.3 is 9.64 Å². The Labute approximate surface area is 173 Å². The molecular weight excluding hydrogens is 387 g/mol. The number of nitrogens with zero attached hydrogens (tertiary/aromatic N) is 4. The van der Waals surface area contributed by atoms with E-state index in [1.165, 1.54) is 17.7 Å². The number of imidazole rings is 1. The zero-order valence-corrected chi connectivity index (χ0v) is 17.2. The number of methoxy groups -OCH3 is 1. The van der Waals surface area contributed by atoms with Crippen LogP contribution >= 0.6 is 0 Å². The summed E-state index contributed by atoms with van der Waals surface area (Å²) in [6, 6.07) is 12.4. The zero-order valence-electron chi connectivity index (χ0n) is 17.2. The predicted molar refractivity (Wildman–Crippen MR) is 112 cm³/mol. The number of ether oxygens (including phenoxy) is 1. The lowest BCUT2D eigenvalue weighted by Crippen LogP contribution is -2.49. The van der Waals surface area contributed by atoms with Gasteiger partial charge in [-0.05, 0) is 29.8 Å². The third-order valence-electron chi connectivity index (χ3n) is 5.69. The van der Waals surface area contributed by atoms with E-state index in [9.17, 15) is 14.0 Å². The quantitative estimate of drug-likeness (QED) is 0.642. The maximum atomic E-state index is 13.9. The van der Waals surface area contributed by atoms with Gasteiger partial charge in [0.15, 0.2) is 11.6 Å². The average Bonchev–Trinajstić information content (AvgIpc) is 2.99. The second kappa shape index (κ2) is 8.31. The van der Waals surface area contributed by atoms with Crippen LogP contribution in [0.15, 0.2) is 47.3 Å². The summed E-state index contributed by atoms with van der Waals surface area (Å²) >= 11 is 0. The normalized spacial score (nSPS) is 15.0. The molecule has 1 amide bonds. The SMILES string of the molecule is COc1ccc(CN2CCN(C(=O)Cn3c(=O)n(C)c4ccccc43)CC2)cc1F. The number of halogens is 1. The van der Waals surface area contributed by atoms with E-state index in [0.29, 0.717) is 32.7 Å². The highest BCUT2D eigenvalue weighted by Crippen LogP contribution is 2.19. The van der Waals surface area contributed by atoms with Crippen molar-refractivity contribution in [2.75, 3.05) is 33.3 Å². The van der Waals surface area contributed by atoms with E-state index in [4.69, 9.17) is 4.74 Å². The Morgan fingerprint density at radius 1 is 1.07 bits per heavy atom. The predicted octanol–water partition coefficient (Wildman–Crippen LogP) is 1.83. The molecule has 0 aliphatic carbocycles. The van der Waals surface area contributed by atoms with E-state index in [-0.39, 0.29) is 29.7 Å². The van der Waals surface area contributed by atoms with Crippen LogP contribution in [-0.4, -0.2) is 58.1 Å². The van der Waals surface area contributed by atoms with Gasteiger partial charge in [0.05, 0.1) is 18.1 Å².